The second kappa shape index (κ2) is 8.64. The Hall–Kier alpha value is -2.59. The highest BCUT2D eigenvalue weighted by atomic mass is 32.2. The molecule has 8 nitrogen and oxygen atoms in total. The van der Waals surface area contributed by atoms with Crippen LogP contribution < -0.4 is 4.90 Å². The van der Waals surface area contributed by atoms with E-state index in [4.69, 9.17) is 4.74 Å². The molecule has 2 aromatic rings. The molecule has 0 N–H and O–H groups in total. The number of benzene rings is 1. The molecule has 0 bridgehead atoms. The monoisotopic (exact) mass is 474 g/mol. The molecule has 1 spiro atoms. The summed E-state index contributed by atoms with van der Waals surface area (Å²) in [6.45, 7) is 3.62. The van der Waals surface area contributed by atoms with Gasteiger partial charge in [0.05, 0.1) is 39.8 Å². The van der Waals surface area contributed by atoms with Crippen LogP contribution in [0.4, 0.5) is 10.1 Å². The fourth-order valence-electron chi connectivity index (χ4n) is 5.17. The zero-order valence-corrected chi connectivity index (χ0v) is 19.4. The lowest BCUT2D eigenvalue weighted by atomic mass is 9.77. The van der Waals surface area contributed by atoms with E-state index in [1.54, 1.807) is 23.4 Å². The highest BCUT2D eigenvalue weighted by Gasteiger charge is 2.47. The van der Waals surface area contributed by atoms with Crippen LogP contribution in [-0.2, 0) is 20.5 Å². The average Bonchev–Trinajstić information content (AvgIpc) is 3.17. The van der Waals surface area contributed by atoms with Gasteiger partial charge in [0, 0.05) is 57.1 Å². The Balaban J connectivity index is 1.48. The first kappa shape index (κ1) is 22.2. The van der Waals surface area contributed by atoms with E-state index < -0.39 is 16.4 Å². The van der Waals surface area contributed by atoms with E-state index in [0.717, 1.165) is 6.42 Å². The maximum atomic E-state index is 14.2. The van der Waals surface area contributed by atoms with Gasteiger partial charge < -0.3 is 14.5 Å². The summed E-state index contributed by atoms with van der Waals surface area (Å²) in [6, 6.07) is 4.42. The maximum Gasteiger partial charge on any atom is 0.312 e. The number of hydrogen-bond donors (Lipinski definition) is 0. The van der Waals surface area contributed by atoms with Gasteiger partial charge in [-0.2, -0.15) is 0 Å². The van der Waals surface area contributed by atoms with Gasteiger partial charge in [0.15, 0.2) is 0 Å². The standard InChI is InChI=1S/C23H27FN4O4S/c1-33(31)28-11-9-27(10-12-28)21(29)18-15-25-19-3-2-16(24)14-17(19)20(18)26-7-4-23(5-8-26)6-13-32-22(23)30/h2-3,14-15H,4-13H2,1H3. The fourth-order valence-corrected chi connectivity index (χ4v) is 5.85. The Morgan fingerprint density at radius 2 is 1.85 bits per heavy atom. The summed E-state index contributed by atoms with van der Waals surface area (Å²) in [5.74, 6) is -0.678. The number of esters is 1. The van der Waals surface area contributed by atoms with Crippen LogP contribution in [0, 0.1) is 11.2 Å². The van der Waals surface area contributed by atoms with Crippen LogP contribution in [0.15, 0.2) is 24.4 Å². The first-order valence-corrected chi connectivity index (χ1v) is 12.8. The Morgan fingerprint density at radius 3 is 2.48 bits per heavy atom. The molecular formula is C23H27FN4O4S. The second-order valence-corrected chi connectivity index (χ2v) is 10.3. The summed E-state index contributed by atoms with van der Waals surface area (Å²) in [5.41, 5.74) is 1.28. The average molecular weight is 475 g/mol. The second-order valence-electron chi connectivity index (χ2n) is 8.98. The number of rotatable bonds is 3. The van der Waals surface area contributed by atoms with Gasteiger partial charge >= 0.3 is 5.97 Å². The number of ether oxygens (including phenoxy) is 1. The van der Waals surface area contributed by atoms with Crippen LogP contribution in [0.1, 0.15) is 29.6 Å². The molecule has 3 aliphatic rings. The number of amides is 1. The molecule has 1 atom stereocenters. The molecule has 3 aliphatic heterocycles. The predicted molar refractivity (Wildman–Crippen MR) is 123 cm³/mol. The van der Waals surface area contributed by atoms with E-state index in [0.29, 0.717) is 80.9 Å². The van der Waals surface area contributed by atoms with Crippen molar-refractivity contribution in [3.63, 3.8) is 0 Å². The van der Waals surface area contributed by atoms with E-state index in [1.807, 2.05) is 4.31 Å². The molecule has 3 saturated heterocycles. The van der Waals surface area contributed by atoms with Crippen molar-refractivity contribution in [1.29, 1.82) is 0 Å². The molecule has 4 heterocycles. The topological polar surface area (TPSA) is 83.1 Å². The SMILES string of the molecule is CS(=O)N1CCN(C(=O)c2cnc3ccc(F)cc3c2N2CCC3(CCOC3=O)CC2)CC1. The lowest BCUT2D eigenvalue weighted by molar-refractivity contribution is -0.147. The van der Waals surface area contributed by atoms with E-state index in [2.05, 4.69) is 9.88 Å². The molecule has 0 aliphatic carbocycles. The molecule has 10 heteroatoms. The number of halogens is 1. The molecule has 1 aromatic carbocycles. The third-order valence-corrected chi connectivity index (χ3v) is 8.30. The Kier molecular flexibility index (Phi) is 5.82. The Morgan fingerprint density at radius 1 is 1.12 bits per heavy atom. The molecule has 33 heavy (non-hydrogen) atoms. The first-order valence-electron chi connectivity index (χ1n) is 11.3. The molecule has 176 valence electrons. The van der Waals surface area contributed by atoms with E-state index in [9.17, 15) is 18.2 Å². The molecule has 0 saturated carbocycles. The number of carbonyl (C=O) groups excluding carboxylic acids is 2. The van der Waals surface area contributed by atoms with Crippen molar-refractivity contribution in [2.24, 2.45) is 5.41 Å². The molecule has 1 unspecified atom stereocenters. The van der Waals surface area contributed by atoms with E-state index in [-0.39, 0.29) is 17.7 Å². The van der Waals surface area contributed by atoms with Crippen LogP contribution in [0.3, 0.4) is 0 Å². The summed E-state index contributed by atoms with van der Waals surface area (Å²) in [6.07, 6.45) is 5.22. The van der Waals surface area contributed by atoms with Crippen LogP contribution in [0.5, 0.6) is 0 Å². The minimum atomic E-state index is -1.07. The zero-order chi connectivity index (χ0) is 23.2. The zero-order valence-electron chi connectivity index (χ0n) is 18.6. The van der Waals surface area contributed by atoms with Gasteiger partial charge in [0.1, 0.15) is 5.82 Å². The normalized spacial score (nSPS) is 22.1. The number of hydrogen-bond acceptors (Lipinski definition) is 6. The van der Waals surface area contributed by atoms with Gasteiger partial charge in [-0.25, -0.2) is 12.9 Å². The number of cyclic esters (lactones) is 1. The first-order chi connectivity index (χ1) is 15.9. The third-order valence-electron chi connectivity index (χ3n) is 7.21. The summed E-state index contributed by atoms with van der Waals surface area (Å²) in [7, 11) is -1.07. The number of piperazine rings is 1. The quantitative estimate of drug-likeness (QED) is 0.633. The van der Waals surface area contributed by atoms with Crippen molar-refractivity contribution in [1.82, 2.24) is 14.2 Å². The minimum Gasteiger partial charge on any atom is -0.465 e. The number of piperidine rings is 1. The summed E-state index contributed by atoms with van der Waals surface area (Å²) >= 11 is 0. The van der Waals surface area contributed by atoms with Crippen molar-refractivity contribution in [2.75, 3.05) is 57.0 Å². The number of fused-ring (bicyclic) bond motifs is 1. The van der Waals surface area contributed by atoms with Gasteiger partial charge in [0.2, 0.25) is 0 Å². The van der Waals surface area contributed by atoms with E-state index >= 15 is 0 Å². The lowest BCUT2D eigenvalue weighted by Gasteiger charge is -2.39. The van der Waals surface area contributed by atoms with Crippen LogP contribution in [-0.4, -0.2) is 82.4 Å². The van der Waals surface area contributed by atoms with Crippen molar-refractivity contribution >= 4 is 39.5 Å². The van der Waals surface area contributed by atoms with Gasteiger partial charge in [-0.1, -0.05) is 0 Å². The molecular weight excluding hydrogens is 447 g/mol. The largest absolute Gasteiger partial charge is 0.465 e. The fraction of sp³-hybridized carbons (Fsp3) is 0.522. The number of anilines is 1. The van der Waals surface area contributed by atoms with Gasteiger partial charge in [0.25, 0.3) is 5.91 Å². The molecule has 5 rings (SSSR count). The summed E-state index contributed by atoms with van der Waals surface area (Å²) in [4.78, 5) is 34.2. The lowest BCUT2D eigenvalue weighted by Crippen LogP contribution is -2.49. The highest BCUT2D eigenvalue weighted by Crippen LogP contribution is 2.43. The van der Waals surface area contributed by atoms with Crippen molar-refractivity contribution < 1.29 is 22.9 Å². The van der Waals surface area contributed by atoms with Gasteiger partial charge in [-0.15, -0.1) is 0 Å². The Bertz CT molecular complexity index is 1130. The molecule has 0 radical (unpaired) electrons. The van der Waals surface area contributed by atoms with Gasteiger partial charge in [-0.3, -0.25) is 14.6 Å². The van der Waals surface area contributed by atoms with Crippen molar-refractivity contribution in [2.45, 2.75) is 19.3 Å². The van der Waals surface area contributed by atoms with Crippen molar-refractivity contribution in [3.05, 3.63) is 35.8 Å². The smallest absolute Gasteiger partial charge is 0.312 e. The van der Waals surface area contributed by atoms with Gasteiger partial charge in [-0.05, 0) is 37.5 Å². The van der Waals surface area contributed by atoms with Crippen LogP contribution in [0.2, 0.25) is 0 Å². The highest BCUT2D eigenvalue weighted by molar-refractivity contribution is 7.81. The number of nitrogens with zero attached hydrogens (tertiary/aromatic N) is 4. The van der Waals surface area contributed by atoms with E-state index in [1.165, 1.54) is 12.1 Å². The summed E-state index contributed by atoms with van der Waals surface area (Å²) in [5, 5.41) is 0.596. The molecule has 3 fully saturated rings. The van der Waals surface area contributed by atoms with Crippen LogP contribution >= 0.6 is 0 Å². The molecule has 1 amide bonds. The number of aromatic nitrogens is 1. The molecule has 1 aromatic heterocycles. The predicted octanol–water partition coefficient (Wildman–Crippen LogP) is 1.96. The maximum absolute atomic E-state index is 14.2. The van der Waals surface area contributed by atoms with Crippen molar-refractivity contribution in [3.8, 4) is 0 Å². The number of carbonyl (C=O) groups is 2. The number of pyridine rings is 1. The minimum absolute atomic E-state index is 0.129. The third kappa shape index (κ3) is 3.99. The van der Waals surface area contributed by atoms with Crippen LogP contribution in [0.25, 0.3) is 10.9 Å². The Labute approximate surface area is 194 Å². The summed E-state index contributed by atoms with van der Waals surface area (Å²) < 4.78 is 33.1.